The van der Waals surface area contributed by atoms with Crippen molar-refractivity contribution in [2.24, 2.45) is 46.3 Å². The minimum Gasteiger partial charge on any atom is -0.481 e. The van der Waals surface area contributed by atoms with Crippen LogP contribution in [-0.4, -0.2) is 16.9 Å². The molecular weight excluding hydrogens is 384 g/mol. The summed E-state index contributed by atoms with van der Waals surface area (Å²) in [7, 11) is 0. The maximum Gasteiger partial charge on any atom is 0.303 e. The first-order chi connectivity index (χ1) is 14.6. The van der Waals surface area contributed by atoms with Crippen molar-refractivity contribution in [2.45, 2.75) is 105 Å². The van der Waals surface area contributed by atoms with Crippen molar-refractivity contribution in [1.29, 1.82) is 0 Å². The third-order valence-electron chi connectivity index (χ3n) is 10.6. The van der Waals surface area contributed by atoms with E-state index in [-0.39, 0.29) is 5.41 Å². The number of carboxylic acids is 1. The number of rotatable bonds is 7. The molecule has 174 valence electrons. The summed E-state index contributed by atoms with van der Waals surface area (Å²) in [5, 5.41) is 9.01. The van der Waals surface area contributed by atoms with Gasteiger partial charge < -0.3 is 5.11 Å². The molecule has 0 radical (unpaired) electrons. The van der Waals surface area contributed by atoms with Gasteiger partial charge in [0.2, 0.25) is 0 Å². The molecule has 3 heteroatoms. The molecule has 31 heavy (non-hydrogen) atoms. The Hall–Kier alpha value is -1.12. The first kappa shape index (κ1) is 23.1. The zero-order valence-corrected chi connectivity index (χ0v) is 20.3. The molecule has 0 spiro atoms. The van der Waals surface area contributed by atoms with E-state index in [1.165, 1.54) is 50.5 Å². The molecule has 8 atom stereocenters. The summed E-state index contributed by atoms with van der Waals surface area (Å²) in [6.07, 6.45) is 15.6. The SMILES string of the molecule is CC(CCC[C@@H](C)[C@H]1CC[C@H]2[C@@H]3CCC4=CC(=O)CC[C@]4(C)[C@H]3CC[C@]12C)CC(=O)O. The Kier molecular flexibility index (Phi) is 6.45. The lowest BCUT2D eigenvalue weighted by molar-refractivity contribution is -0.138. The van der Waals surface area contributed by atoms with E-state index < -0.39 is 5.97 Å². The normalized spacial score (nSPS) is 41.5. The van der Waals surface area contributed by atoms with Gasteiger partial charge in [-0.3, -0.25) is 9.59 Å². The summed E-state index contributed by atoms with van der Waals surface area (Å²) < 4.78 is 0. The van der Waals surface area contributed by atoms with Crippen LogP contribution >= 0.6 is 0 Å². The highest BCUT2D eigenvalue weighted by molar-refractivity contribution is 5.91. The van der Waals surface area contributed by atoms with E-state index >= 15 is 0 Å². The molecule has 0 aromatic heterocycles. The van der Waals surface area contributed by atoms with Crippen molar-refractivity contribution in [3.8, 4) is 0 Å². The van der Waals surface area contributed by atoms with Crippen LogP contribution in [0.3, 0.4) is 0 Å². The number of carbonyl (C=O) groups excluding carboxylic acids is 1. The van der Waals surface area contributed by atoms with Crippen molar-refractivity contribution in [3.05, 3.63) is 11.6 Å². The van der Waals surface area contributed by atoms with Crippen LogP contribution in [0.1, 0.15) is 105 Å². The Morgan fingerprint density at radius 2 is 1.84 bits per heavy atom. The maximum absolute atomic E-state index is 12.0. The number of carbonyl (C=O) groups is 2. The summed E-state index contributed by atoms with van der Waals surface area (Å²) in [5.41, 5.74) is 2.24. The monoisotopic (exact) mass is 428 g/mol. The van der Waals surface area contributed by atoms with Crippen LogP contribution in [0.4, 0.5) is 0 Å². The summed E-state index contributed by atoms with van der Waals surface area (Å²) in [4.78, 5) is 23.0. The quantitative estimate of drug-likeness (QED) is 0.472. The molecule has 0 amide bonds. The Morgan fingerprint density at radius 1 is 1.06 bits per heavy atom. The van der Waals surface area contributed by atoms with Crippen LogP contribution < -0.4 is 0 Å². The molecular formula is C28H44O3. The van der Waals surface area contributed by atoms with E-state index in [4.69, 9.17) is 5.11 Å². The predicted molar refractivity (Wildman–Crippen MR) is 125 cm³/mol. The number of aliphatic carboxylic acids is 1. The smallest absolute Gasteiger partial charge is 0.303 e. The highest BCUT2D eigenvalue weighted by Gasteiger charge is 2.59. The molecule has 0 heterocycles. The second-order valence-electron chi connectivity index (χ2n) is 12.3. The number of allylic oxidation sites excluding steroid dienone is 1. The third-order valence-corrected chi connectivity index (χ3v) is 10.6. The minimum absolute atomic E-state index is 0.280. The van der Waals surface area contributed by atoms with Crippen molar-refractivity contribution < 1.29 is 14.7 Å². The van der Waals surface area contributed by atoms with E-state index in [0.29, 0.717) is 23.5 Å². The van der Waals surface area contributed by atoms with E-state index in [1.54, 1.807) is 0 Å². The summed E-state index contributed by atoms with van der Waals surface area (Å²) in [6, 6.07) is 0. The molecule has 0 saturated heterocycles. The fourth-order valence-corrected chi connectivity index (χ4v) is 8.92. The molecule has 1 unspecified atom stereocenters. The number of fused-ring (bicyclic) bond motifs is 5. The molecule has 3 fully saturated rings. The highest BCUT2D eigenvalue weighted by Crippen LogP contribution is 2.67. The average Bonchev–Trinajstić information content (AvgIpc) is 3.05. The van der Waals surface area contributed by atoms with Crippen LogP contribution in [0.25, 0.3) is 0 Å². The van der Waals surface area contributed by atoms with Crippen molar-refractivity contribution in [3.63, 3.8) is 0 Å². The number of carboxylic acid groups (broad SMARTS) is 1. The molecule has 0 aromatic carbocycles. The number of hydrogen-bond donors (Lipinski definition) is 1. The van der Waals surface area contributed by atoms with Crippen molar-refractivity contribution in [2.75, 3.05) is 0 Å². The zero-order valence-electron chi connectivity index (χ0n) is 20.3. The summed E-state index contributed by atoms with van der Waals surface area (Å²) in [5.74, 6) is 4.05. The van der Waals surface area contributed by atoms with Crippen molar-refractivity contribution >= 4 is 11.8 Å². The fourth-order valence-electron chi connectivity index (χ4n) is 8.92. The Morgan fingerprint density at radius 3 is 2.58 bits per heavy atom. The standard InChI is InChI=1S/C28H44O3/c1-18(16-26(30)31)6-5-7-19(2)23-10-11-24-22-9-8-20-17-21(29)12-14-27(20,3)25(22)13-15-28(23,24)4/h17-19,22-25H,5-16H2,1-4H3,(H,30,31)/t18?,19-,22+,23-,24+,25+,27+,28-/m1/s1. The van der Waals surface area contributed by atoms with E-state index in [1.807, 2.05) is 6.08 Å². The second kappa shape index (κ2) is 8.67. The predicted octanol–water partition coefficient (Wildman–Crippen LogP) is 7.05. The van der Waals surface area contributed by atoms with Crippen LogP contribution in [-0.2, 0) is 9.59 Å². The Labute approximate surface area is 189 Å². The van der Waals surface area contributed by atoms with Crippen LogP contribution in [0, 0.1) is 46.3 Å². The first-order valence-electron chi connectivity index (χ1n) is 13.1. The number of ketones is 1. The second-order valence-corrected chi connectivity index (χ2v) is 12.3. The lowest BCUT2D eigenvalue weighted by atomic mass is 9.46. The fraction of sp³-hybridized carbons (Fsp3) is 0.857. The molecule has 1 N–H and O–H groups in total. The van der Waals surface area contributed by atoms with Gasteiger partial charge in [-0.15, -0.1) is 0 Å². The molecule has 4 aliphatic carbocycles. The lowest BCUT2D eigenvalue weighted by Crippen LogP contribution is -2.50. The van der Waals surface area contributed by atoms with Gasteiger partial charge in [-0.2, -0.15) is 0 Å². The Balaban J connectivity index is 1.41. The summed E-state index contributed by atoms with van der Waals surface area (Å²) in [6.45, 7) is 9.66. The van der Waals surface area contributed by atoms with Gasteiger partial charge in [-0.25, -0.2) is 0 Å². The Bertz CT molecular complexity index is 739. The largest absolute Gasteiger partial charge is 0.481 e. The van der Waals surface area contributed by atoms with Gasteiger partial charge in [0.15, 0.2) is 5.78 Å². The van der Waals surface area contributed by atoms with Crippen LogP contribution in [0.15, 0.2) is 11.6 Å². The molecule has 3 nitrogen and oxygen atoms in total. The highest BCUT2D eigenvalue weighted by atomic mass is 16.4. The van der Waals surface area contributed by atoms with Gasteiger partial charge in [-0.1, -0.05) is 52.5 Å². The maximum atomic E-state index is 12.0. The lowest BCUT2D eigenvalue weighted by Gasteiger charge is -2.58. The van der Waals surface area contributed by atoms with Gasteiger partial charge >= 0.3 is 5.97 Å². The molecule has 4 aliphatic rings. The average molecular weight is 429 g/mol. The zero-order chi connectivity index (χ0) is 22.4. The molecule has 0 aliphatic heterocycles. The summed E-state index contributed by atoms with van der Waals surface area (Å²) >= 11 is 0. The topological polar surface area (TPSA) is 54.4 Å². The minimum atomic E-state index is -0.662. The van der Waals surface area contributed by atoms with Crippen molar-refractivity contribution in [1.82, 2.24) is 0 Å². The molecule has 3 saturated carbocycles. The molecule has 0 aromatic rings. The van der Waals surface area contributed by atoms with Crippen LogP contribution in [0.5, 0.6) is 0 Å². The third kappa shape index (κ3) is 4.15. The van der Waals surface area contributed by atoms with E-state index in [0.717, 1.165) is 55.3 Å². The van der Waals surface area contributed by atoms with Gasteiger partial charge in [0.25, 0.3) is 0 Å². The number of hydrogen-bond acceptors (Lipinski definition) is 2. The van der Waals surface area contributed by atoms with Gasteiger partial charge in [0, 0.05) is 12.8 Å². The van der Waals surface area contributed by atoms with Gasteiger partial charge in [-0.05, 0) is 97.4 Å². The van der Waals surface area contributed by atoms with Crippen LogP contribution in [0.2, 0.25) is 0 Å². The van der Waals surface area contributed by atoms with Gasteiger partial charge in [0.1, 0.15) is 0 Å². The molecule has 0 bridgehead atoms. The van der Waals surface area contributed by atoms with E-state index in [9.17, 15) is 9.59 Å². The van der Waals surface area contributed by atoms with Gasteiger partial charge in [0.05, 0.1) is 0 Å². The van der Waals surface area contributed by atoms with E-state index in [2.05, 4.69) is 27.7 Å². The molecule has 4 rings (SSSR count). The first-order valence-corrected chi connectivity index (χ1v) is 13.1.